The summed E-state index contributed by atoms with van der Waals surface area (Å²) >= 11 is 6.56. The molecule has 2 aliphatic rings. The van der Waals surface area contributed by atoms with Crippen LogP contribution in [0.15, 0.2) is 67.3 Å². The summed E-state index contributed by atoms with van der Waals surface area (Å²) in [5.41, 5.74) is 3.92. The molecule has 0 aliphatic carbocycles. The molecule has 1 fully saturated rings. The first-order valence-corrected chi connectivity index (χ1v) is 14.1. The predicted molar refractivity (Wildman–Crippen MR) is 159 cm³/mol. The average molecular weight is 605 g/mol. The van der Waals surface area contributed by atoms with E-state index in [0.717, 1.165) is 22.3 Å². The van der Waals surface area contributed by atoms with Gasteiger partial charge in [-0.05, 0) is 50.6 Å². The summed E-state index contributed by atoms with van der Waals surface area (Å²) < 4.78 is 29.4. The number of rotatable bonds is 7. The summed E-state index contributed by atoms with van der Waals surface area (Å²) in [6, 6.07) is 9.25. The topological polar surface area (TPSA) is 80.6 Å². The number of para-hydroxylation sites is 1. The van der Waals surface area contributed by atoms with E-state index in [1.54, 1.807) is 37.0 Å². The monoisotopic (exact) mass is 604 g/mol. The Morgan fingerprint density at radius 2 is 2.02 bits per heavy atom. The SMILES string of the molecule is Cc1cc(-n2cc(C3=CC=C[F+]3)cn2)c2cccc(OCc3c(Cl)cc(F)cc3C(C)N3CC(C)N(C)C(=O)C3=O)c2n1. The highest BCUT2D eigenvalue weighted by Crippen LogP contribution is 2.35. The van der Waals surface area contributed by atoms with Gasteiger partial charge in [0.05, 0.1) is 22.9 Å². The van der Waals surface area contributed by atoms with Gasteiger partial charge in [-0.15, -0.1) is 4.08 Å². The number of hydrogen-bond donors (Lipinski definition) is 0. The van der Waals surface area contributed by atoms with Crippen molar-refractivity contribution in [2.24, 2.45) is 0 Å². The second-order valence-electron chi connectivity index (χ2n) is 10.7. The van der Waals surface area contributed by atoms with Crippen LogP contribution in [0.4, 0.5) is 4.39 Å². The van der Waals surface area contributed by atoms with E-state index in [-0.39, 0.29) is 17.7 Å². The molecular weight excluding hydrogens is 576 g/mol. The Kier molecular flexibility index (Phi) is 7.47. The van der Waals surface area contributed by atoms with Crippen LogP contribution in [0.2, 0.25) is 5.02 Å². The van der Waals surface area contributed by atoms with Crippen LogP contribution in [0.5, 0.6) is 5.75 Å². The van der Waals surface area contributed by atoms with Crippen LogP contribution in [0, 0.1) is 16.8 Å². The minimum atomic E-state index is -0.645. The van der Waals surface area contributed by atoms with Crippen LogP contribution in [0.1, 0.15) is 42.3 Å². The maximum absolute atomic E-state index is 14.6. The highest BCUT2D eigenvalue weighted by molar-refractivity contribution is 6.35. The molecule has 0 N–H and O–H groups in total. The summed E-state index contributed by atoms with van der Waals surface area (Å²) in [5.74, 6) is -0.718. The van der Waals surface area contributed by atoms with Gasteiger partial charge in [-0.25, -0.2) is 14.1 Å². The lowest BCUT2D eigenvalue weighted by Crippen LogP contribution is -2.57. The summed E-state index contributed by atoms with van der Waals surface area (Å²) in [5, 5.41) is 5.49. The molecule has 2 unspecified atom stereocenters. The minimum absolute atomic E-state index is 0.0193. The number of benzene rings is 2. The molecule has 2 amide bonds. The van der Waals surface area contributed by atoms with E-state index in [1.165, 1.54) is 28.3 Å². The van der Waals surface area contributed by atoms with Crippen molar-refractivity contribution < 1.29 is 22.8 Å². The van der Waals surface area contributed by atoms with Gasteiger partial charge in [0, 0.05) is 54.6 Å². The first-order chi connectivity index (χ1) is 20.6. The number of fused-ring (bicyclic) bond motifs is 1. The zero-order chi connectivity index (χ0) is 30.4. The third-order valence-electron chi connectivity index (χ3n) is 7.88. The van der Waals surface area contributed by atoms with Crippen molar-refractivity contribution in [2.75, 3.05) is 13.6 Å². The van der Waals surface area contributed by atoms with Crippen LogP contribution < -0.4 is 4.74 Å². The van der Waals surface area contributed by atoms with Gasteiger partial charge < -0.3 is 14.5 Å². The molecule has 0 saturated carbocycles. The van der Waals surface area contributed by atoms with E-state index >= 15 is 0 Å². The molecule has 6 rings (SSSR count). The summed E-state index contributed by atoms with van der Waals surface area (Å²) in [6.07, 6.45) is 8.64. The number of likely N-dealkylation sites (N-methyl/N-ethyl adjacent to an activating group) is 1. The smallest absolute Gasteiger partial charge is 0.329 e. The predicted octanol–water partition coefficient (Wildman–Crippen LogP) is 5.80. The van der Waals surface area contributed by atoms with Crippen LogP contribution in [0.3, 0.4) is 0 Å². The fourth-order valence-electron chi connectivity index (χ4n) is 5.40. The van der Waals surface area contributed by atoms with Gasteiger partial charge in [0.1, 0.15) is 29.3 Å². The third kappa shape index (κ3) is 5.27. The van der Waals surface area contributed by atoms with E-state index in [1.807, 2.05) is 44.3 Å². The van der Waals surface area contributed by atoms with Crippen LogP contribution >= 0.6 is 11.6 Å². The molecule has 2 aliphatic heterocycles. The molecule has 2 aromatic heterocycles. The lowest BCUT2D eigenvalue weighted by molar-refractivity contribution is -0.483. The van der Waals surface area contributed by atoms with Gasteiger partial charge in [-0.1, -0.05) is 23.7 Å². The number of piperazine rings is 1. The molecule has 43 heavy (non-hydrogen) atoms. The molecule has 2 atom stereocenters. The normalized spacial score (nSPS) is 17.6. The van der Waals surface area contributed by atoms with Gasteiger partial charge in [0.25, 0.3) is 6.33 Å². The summed E-state index contributed by atoms with van der Waals surface area (Å²) in [4.78, 5) is 33.1. The number of carbonyl (C=O) groups excluding carboxylic acids is 2. The van der Waals surface area contributed by atoms with Gasteiger partial charge in [-0.2, -0.15) is 5.10 Å². The minimum Gasteiger partial charge on any atom is -0.487 e. The third-order valence-corrected chi connectivity index (χ3v) is 8.22. The van der Waals surface area contributed by atoms with Crippen LogP contribution in [-0.2, 0) is 16.2 Å². The van der Waals surface area contributed by atoms with Gasteiger partial charge in [0.15, 0.2) is 0 Å². The van der Waals surface area contributed by atoms with E-state index in [4.69, 9.17) is 25.4 Å². The molecule has 1 saturated heterocycles. The largest absolute Gasteiger partial charge is 0.487 e. The van der Waals surface area contributed by atoms with Crippen molar-refractivity contribution in [1.29, 1.82) is 0 Å². The van der Waals surface area contributed by atoms with Gasteiger partial charge >= 0.3 is 17.6 Å². The van der Waals surface area contributed by atoms with Crippen LogP contribution in [0.25, 0.3) is 22.4 Å². The molecule has 2 aromatic carbocycles. The first kappa shape index (κ1) is 28.5. The summed E-state index contributed by atoms with van der Waals surface area (Å²) in [6.45, 7) is 5.78. The number of aromatic nitrogens is 3. The Balaban J connectivity index is 1.33. The van der Waals surface area contributed by atoms with Gasteiger partial charge in [0.2, 0.25) is 0 Å². The first-order valence-electron chi connectivity index (χ1n) is 13.8. The number of allylic oxidation sites excluding steroid dienone is 2. The fourth-order valence-corrected chi connectivity index (χ4v) is 5.67. The second-order valence-corrected chi connectivity index (χ2v) is 11.1. The Morgan fingerprint density at radius 1 is 1.21 bits per heavy atom. The van der Waals surface area contributed by atoms with E-state index in [9.17, 15) is 14.0 Å². The maximum atomic E-state index is 14.6. The molecule has 0 bridgehead atoms. The number of carbonyl (C=O) groups is 2. The highest BCUT2D eigenvalue weighted by atomic mass is 35.5. The average Bonchev–Trinajstić information content (AvgIpc) is 3.69. The molecular formula is C32H29ClF2N5O3+. The van der Waals surface area contributed by atoms with Crippen LogP contribution in [-0.4, -0.2) is 56.0 Å². The number of aryl methyl sites for hydroxylation is 1. The lowest BCUT2D eigenvalue weighted by Gasteiger charge is -2.40. The lowest BCUT2D eigenvalue weighted by atomic mass is 9.98. The van der Waals surface area contributed by atoms with Crippen molar-refractivity contribution in [1.82, 2.24) is 24.6 Å². The molecule has 8 nitrogen and oxygen atoms in total. The molecule has 11 heteroatoms. The molecule has 220 valence electrons. The second kappa shape index (κ2) is 11.3. The number of ether oxygens (including phenoxy) is 1. The summed E-state index contributed by atoms with van der Waals surface area (Å²) in [7, 11) is 1.60. The maximum Gasteiger partial charge on any atom is 0.329 e. The molecule has 4 aromatic rings. The van der Waals surface area contributed by atoms with E-state index < -0.39 is 23.7 Å². The van der Waals surface area contributed by atoms with Crippen molar-refractivity contribution in [2.45, 2.75) is 39.5 Å². The number of halogens is 3. The van der Waals surface area contributed by atoms with Crippen molar-refractivity contribution in [3.63, 3.8) is 0 Å². The van der Waals surface area contributed by atoms with Crippen molar-refractivity contribution in [3.05, 3.63) is 100 Å². The fraction of sp³-hybridized carbons (Fsp3) is 0.250. The number of amides is 2. The van der Waals surface area contributed by atoms with Gasteiger partial charge in [-0.3, -0.25) is 9.59 Å². The molecule has 0 radical (unpaired) electrons. The molecule has 4 heterocycles. The number of nitrogens with zero attached hydrogens (tertiary/aromatic N) is 5. The highest BCUT2D eigenvalue weighted by Gasteiger charge is 2.38. The Labute approximate surface area is 252 Å². The van der Waals surface area contributed by atoms with Crippen molar-refractivity contribution in [3.8, 4) is 11.4 Å². The van der Waals surface area contributed by atoms with E-state index in [0.29, 0.717) is 34.8 Å². The Bertz CT molecular complexity index is 1840. The standard InChI is InChI=1S/C32H29ClF2N5O3/c1-18-11-28(40-16-21(14-36-40)27-8-6-10-35-27)23-7-5-9-29(30(23)37-18)43-17-25-24(12-22(34)13-26(25)33)20(3)39-15-19(2)38(4)31(41)32(39)42/h5-14,16,19-20H,15,17H2,1-4H3/q+1. The zero-order valence-corrected chi connectivity index (χ0v) is 24.8. The number of pyridine rings is 1. The molecule has 0 spiro atoms. The quantitative estimate of drug-likeness (QED) is 0.249. The number of hydrogen-bond acceptors (Lipinski definition) is 5. The Hall–Kier alpha value is -4.57. The Morgan fingerprint density at radius 3 is 2.79 bits per heavy atom. The van der Waals surface area contributed by atoms with E-state index in [2.05, 4.69) is 5.10 Å². The van der Waals surface area contributed by atoms with Crippen molar-refractivity contribution >= 4 is 40.1 Å². The zero-order valence-electron chi connectivity index (χ0n) is 24.0.